The Labute approximate surface area is 143 Å². The fraction of sp³-hybridized carbons (Fsp3) is 0.125. The second-order valence-corrected chi connectivity index (χ2v) is 5.11. The summed E-state index contributed by atoms with van der Waals surface area (Å²) in [5.74, 6) is -2.38. The van der Waals surface area contributed by atoms with Gasteiger partial charge in [-0.05, 0) is 29.9 Å². The number of halogens is 2. The van der Waals surface area contributed by atoms with E-state index in [1.165, 1.54) is 0 Å². The Balaban J connectivity index is 1.68. The third-order valence-electron chi connectivity index (χ3n) is 2.86. The van der Waals surface area contributed by atoms with Crippen molar-refractivity contribution in [3.8, 4) is 5.75 Å². The molecule has 2 aromatic carbocycles. The van der Waals surface area contributed by atoms with Crippen molar-refractivity contribution < 1.29 is 18.3 Å². The van der Waals surface area contributed by atoms with Crippen molar-refractivity contribution in [2.45, 2.75) is 6.54 Å². The number of hydrazine groups is 1. The zero-order chi connectivity index (χ0) is 17.4. The average molecular weight is 351 g/mol. The van der Waals surface area contributed by atoms with Crippen LogP contribution in [0.5, 0.6) is 5.75 Å². The molecule has 3 N–H and O–H groups in total. The van der Waals surface area contributed by atoms with Gasteiger partial charge in [-0.2, -0.15) is 0 Å². The summed E-state index contributed by atoms with van der Waals surface area (Å²) in [5.41, 5.74) is 5.84. The van der Waals surface area contributed by atoms with Crippen LogP contribution >= 0.6 is 12.2 Å². The van der Waals surface area contributed by atoms with E-state index in [2.05, 4.69) is 16.2 Å². The molecule has 0 heterocycles. The summed E-state index contributed by atoms with van der Waals surface area (Å²) >= 11 is 5.00. The van der Waals surface area contributed by atoms with Crippen molar-refractivity contribution in [1.29, 1.82) is 0 Å². The van der Waals surface area contributed by atoms with E-state index >= 15 is 0 Å². The molecule has 2 rings (SSSR count). The van der Waals surface area contributed by atoms with Crippen LogP contribution in [0.2, 0.25) is 0 Å². The van der Waals surface area contributed by atoms with E-state index in [1.54, 1.807) is 0 Å². The van der Waals surface area contributed by atoms with Gasteiger partial charge in [-0.25, -0.2) is 8.78 Å². The molecule has 126 valence electrons. The predicted octanol–water partition coefficient (Wildman–Crippen LogP) is 2.04. The zero-order valence-corrected chi connectivity index (χ0v) is 13.3. The molecule has 24 heavy (non-hydrogen) atoms. The Morgan fingerprint density at radius 2 is 1.83 bits per heavy atom. The van der Waals surface area contributed by atoms with E-state index in [4.69, 9.17) is 17.0 Å². The molecule has 2 aromatic rings. The van der Waals surface area contributed by atoms with Gasteiger partial charge in [-0.1, -0.05) is 30.3 Å². The summed E-state index contributed by atoms with van der Waals surface area (Å²) in [5, 5.41) is 3.13. The maximum Gasteiger partial charge on any atom is 0.276 e. The highest BCUT2D eigenvalue weighted by Crippen LogP contribution is 2.17. The molecule has 0 unspecified atom stereocenters. The highest BCUT2D eigenvalue weighted by molar-refractivity contribution is 7.80. The minimum Gasteiger partial charge on any atom is -0.481 e. The molecule has 0 aliphatic rings. The highest BCUT2D eigenvalue weighted by Gasteiger charge is 2.08. The largest absolute Gasteiger partial charge is 0.481 e. The Morgan fingerprint density at radius 1 is 1.08 bits per heavy atom. The van der Waals surface area contributed by atoms with Gasteiger partial charge in [0, 0.05) is 12.6 Å². The van der Waals surface area contributed by atoms with Crippen molar-refractivity contribution in [3.05, 3.63) is 65.7 Å². The number of benzene rings is 2. The summed E-state index contributed by atoms with van der Waals surface area (Å²) in [6.45, 7) is 0.0523. The van der Waals surface area contributed by atoms with Gasteiger partial charge in [0.1, 0.15) is 5.82 Å². The normalized spacial score (nSPS) is 9.92. The summed E-state index contributed by atoms with van der Waals surface area (Å²) in [6, 6.07) is 12.4. The number of amides is 1. The molecule has 5 nitrogen and oxygen atoms in total. The number of hydrogen-bond donors (Lipinski definition) is 3. The van der Waals surface area contributed by atoms with Crippen LogP contribution in [0, 0.1) is 11.6 Å². The van der Waals surface area contributed by atoms with Crippen LogP contribution in [-0.4, -0.2) is 17.6 Å². The van der Waals surface area contributed by atoms with Crippen molar-refractivity contribution in [3.63, 3.8) is 0 Å². The summed E-state index contributed by atoms with van der Waals surface area (Å²) in [7, 11) is 0. The lowest BCUT2D eigenvalue weighted by Gasteiger charge is -2.12. The molecule has 0 aromatic heterocycles. The van der Waals surface area contributed by atoms with Crippen LogP contribution in [0.25, 0.3) is 0 Å². The molecule has 1 amide bonds. The van der Waals surface area contributed by atoms with Crippen LogP contribution in [0.3, 0.4) is 0 Å². The third-order valence-corrected chi connectivity index (χ3v) is 3.11. The molecule has 0 saturated heterocycles. The number of ether oxygens (including phenoxy) is 1. The number of carbonyl (C=O) groups is 1. The summed E-state index contributed by atoms with van der Waals surface area (Å²) < 4.78 is 31.0. The molecule has 0 aliphatic heterocycles. The summed E-state index contributed by atoms with van der Waals surface area (Å²) in [6.07, 6.45) is 0. The topological polar surface area (TPSA) is 62.4 Å². The Kier molecular flexibility index (Phi) is 6.44. The van der Waals surface area contributed by atoms with Crippen LogP contribution in [0.15, 0.2) is 48.5 Å². The van der Waals surface area contributed by atoms with E-state index in [0.29, 0.717) is 12.6 Å². The average Bonchev–Trinajstić information content (AvgIpc) is 2.58. The molecule has 8 heteroatoms. The van der Waals surface area contributed by atoms with Gasteiger partial charge >= 0.3 is 0 Å². The lowest BCUT2D eigenvalue weighted by atomic mass is 10.2. The SMILES string of the molecule is O=C(COc1ccc(F)cc1F)NNC(=S)NCc1ccccc1. The maximum atomic E-state index is 13.3. The number of nitrogens with one attached hydrogen (secondary N) is 3. The van der Waals surface area contributed by atoms with Crippen LogP contribution in [0.1, 0.15) is 5.56 Å². The number of thiocarbonyl (C=S) groups is 1. The number of rotatable bonds is 5. The Hall–Kier alpha value is -2.74. The number of carbonyl (C=O) groups excluding carboxylic acids is 1. The van der Waals surface area contributed by atoms with Gasteiger partial charge in [-0.15, -0.1) is 0 Å². The molecule has 0 spiro atoms. The van der Waals surface area contributed by atoms with Crippen molar-refractivity contribution in [1.82, 2.24) is 16.2 Å². The molecular weight excluding hydrogens is 336 g/mol. The van der Waals surface area contributed by atoms with E-state index in [-0.39, 0.29) is 10.9 Å². The first kappa shape index (κ1) is 17.6. The molecule has 0 bridgehead atoms. The minimum absolute atomic E-state index is 0.212. The van der Waals surface area contributed by atoms with E-state index < -0.39 is 24.1 Å². The van der Waals surface area contributed by atoms with E-state index in [0.717, 1.165) is 17.7 Å². The van der Waals surface area contributed by atoms with E-state index in [1.807, 2.05) is 30.3 Å². The minimum atomic E-state index is -0.879. The van der Waals surface area contributed by atoms with Gasteiger partial charge < -0.3 is 10.1 Å². The van der Waals surface area contributed by atoms with Gasteiger partial charge in [0.2, 0.25) is 0 Å². The van der Waals surface area contributed by atoms with Crippen LogP contribution in [-0.2, 0) is 11.3 Å². The number of hydrogen-bond acceptors (Lipinski definition) is 3. The zero-order valence-electron chi connectivity index (χ0n) is 12.5. The standard InChI is InChI=1S/C16H15F2N3O2S/c17-12-6-7-14(13(18)8-12)23-10-15(22)20-21-16(24)19-9-11-4-2-1-3-5-11/h1-8H,9-10H2,(H,20,22)(H2,19,21,24). The lowest BCUT2D eigenvalue weighted by Crippen LogP contribution is -2.48. The molecule has 0 fully saturated rings. The quantitative estimate of drug-likeness (QED) is 0.568. The van der Waals surface area contributed by atoms with Gasteiger partial charge in [-0.3, -0.25) is 15.6 Å². The van der Waals surface area contributed by atoms with Crippen molar-refractivity contribution in [2.24, 2.45) is 0 Å². The smallest absolute Gasteiger partial charge is 0.276 e. The van der Waals surface area contributed by atoms with E-state index in [9.17, 15) is 13.6 Å². The Morgan fingerprint density at radius 3 is 2.54 bits per heavy atom. The van der Waals surface area contributed by atoms with Crippen LogP contribution in [0.4, 0.5) is 8.78 Å². The van der Waals surface area contributed by atoms with Gasteiger partial charge in [0.05, 0.1) is 0 Å². The first-order chi connectivity index (χ1) is 11.5. The van der Waals surface area contributed by atoms with Gasteiger partial charge in [0.25, 0.3) is 5.91 Å². The highest BCUT2D eigenvalue weighted by atomic mass is 32.1. The van der Waals surface area contributed by atoms with Crippen LogP contribution < -0.4 is 20.9 Å². The third kappa shape index (κ3) is 5.81. The first-order valence-electron chi connectivity index (χ1n) is 6.99. The first-order valence-corrected chi connectivity index (χ1v) is 7.40. The Bertz CT molecular complexity index is 714. The summed E-state index contributed by atoms with van der Waals surface area (Å²) in [4.78, 5) is 11.6. The second kappa shape index (κ2) is 8.78. The molecule has 0 saturated carbocycles. The molecule has 0 aliphatic carbocycles. The predicted molar refractivity (Wildman–Crippen MR) is 89.0 cm³/mol. The monoisotopic (exact) mass is 351 g/mol. The van der Waals surface area contributed by atoms with Crippen molar-refractivity contribution in [2.75, 3.05) is 6.61 Å². The molecule has 0 atom stereocenters. The lowest BCUT2D eigenvalue weighted by molar-refractivity contribution is -0.123. The molecule has 0 radical (unpaired) electrons. The second-order valence-electron chi connectivity index (χ2n) is 4.70. The maximum absolute atomic E-state index is 13.3. The molecular formula is C16H15F2N3O2S. The van der Waals surface area contributed by atoms with Gasteiger partial charge in [0.15, 0.2) is 23.3 Å². The fourth-order valence-corrected chi connectivity index (χ4v) is 1.84. The van der Waals surface area contributed by atoms with Crippen molar-refractivity contribution >= 4 is 23.2 Å². The fourth-order valence-electron chi connectivity index (χ4n) is 1.72.